The monoisotopic (exact) mass is 231 g/mol. The van der Waals surface area contributed by atoms with E-state index in [4.69, 9.17) is 11.2 Å². The molecule has 1 aromatic rings. The van der Waals surface area contributed by atoms with Gasteiger partial charge in [0.1, 0.15) is 6.10 Å². The molecular weight excluding hydrogens is 210 g/mol. The van der Waals surface area contributed by atoms with Crippen molar-refractivity contribution < 1.29 is 4.74 Å². The molecule has 0 radical (unpaired) electrons. The van der Waals surface area contributed by atoms with E-state index in [1.54, 1.807) is 0 Å². The molecule has 0 saturated heterocycles. The Hall–Kier alpha value is -1.30. The summed E-state index contributed by atoms with van der Waals surface area (Å²) in [7, 11) is 0. The van der Waals surface area contributed by atoms with Gasteiger partial charge >= 0.3 is 0 Å². The van der Waals surface area contributed by atoms with Crippen LogP contribution in [0.3, 0.4) is 0 Å². The van der Waals surface area contributed by atoms with E-state index in [9.17, 15) is 0 Å². The topological polar surface area (TPSA) is 21.3 Å². The van der Waals surface area contributed by atoms with Crippen LogP contribution in [-0.2, 0) is 4.74 Å². The maximum Gasteiger partial charge on any atom is 0.109 e. The first kappa shape index (κ1) is 13.8. The van der Waals surface area contributed by atoms with E-state index in [1.165, 1.54) is 0 Å². The minimum absolute atomic E-state index is 0.0715. The smallest absolute Gasteiger partial charge is 0.109 e. The van der Waals surface area contributed by atoms with Crippen LogP contribution >= 0.6 is 0 Å². The average molecular weight is 231 g/mol. The van der Waals surface area contributed by atoms with E-state index in [0.29, 0.717) is 6.61 Å². The van der Waals surface area contributed by atoms with Gasteiger partial charge < -0.3 is 10.1 Å². The van der Waals surface area contributed by atoms with Crippen molar-refractivity contribution in [2.45, 2.75) is 32.4 Å². The molecule has 2 unspecified atom stereocenters. The lowest BCUT2D eigenvalue weighted by atomic mass is 10.0. The summed E-state index contributed by atoms with van der Waals surface area (Å²) >= 11 is 0. The van der Waals surface area contributed by atoms with Crippen LogP contribution in [0.25, 0.3) is 0 Å². The van der Waals surface area contributed by atoms with Crippen LogP contribution in [0.1, 0.15) is 31.9 Å². The molecule has 1 rings (SSSR count). The van der Waals surface area contributed by atoms with Gasteiger partial charge in [0.2, 0.25) is 0 Å². The van der Waals surface area contributed by atoms with Gasteiger partial charge in [0.15, 0.2) is 0 Å². The number of ether oxygens (including phenoxy) is 1. The van der Waals surface area contributed by atoms with Crippen molar-refractivity contribution in [1.82, 2.24) is 5.32 Å². The van der Waals surface area contributed by atoms with Gasteiger partial charge in [0, 0.05) is 6.61 Å². The third-order valence-electron chi connectivity index (χ3n) is 2.57. The molecule has 0 aliphatic heterocycles. The zero-order chi connectivity index (χ0) is 12.5. The van der Waals surface area contributed by atoms with E-state index in [-0.39, 0.29) is 12.1 Å². The van der Waals surface area contributed by atoms with Crippen molar-refractivity contribution in [3.8, 4) is 12.3 Å². The molecule has 92 valence electrons. The fourth-order valence-electron chi connectivity index (χ4n) is 1.76. The Morgan fingerprint density at radius 2 is 2.00 bits per heavy atom. The predicted octanol–water partition coefficient (Wildman–Crippen LogP) is 2.77. The standard InChI is InChI=1S/C15H21NO/c1-4-12-16-14(5-2)15(17-6-3)13-10-8-7-9-11-13/h2,7-11,14-16H,4,6,12H2,1,3H3. The number of rotatable bonds is 7. The molecule has 17 heavy (non-hydrogen) atoms. The summed E-state index contributed by atoms with van der Waals surface area (Å²) in [4.78, 5) is 0. The third kappa shape index (κ3) is 4.22. The van der Waals surface area contributed by atoms with Crippen molar-refractivity contribution in [3.05, 3.63) is 35.9 Å². The van der Waals surface area contributed by atoms with Gasteiger partial charge in [-0.1, -0.05) is 43.2 Å². The van der Waals surface area contributed by atoms with Crippen LogP contribution in [0.5, 0.6) is 0 Å². The first-order valence-electron chi connectivity index (χ1n) is 6.19. The van der Waals surface area contributed by atoms with Gasteiger partial charge in [0.05, 0.1) is 6.04 Å². The minimum Gasteiger partial charge on any atom is -0.371 e. The number of hydrogen-bond acceptors (Lipinski definition) is 2. The summed E-state index contributed by atoms with van der Waals surface area (Å²) in [6.45, 7) is 5.68. The summed E-state index contributed by atoms with van der Waals surface area (Å²) in [5.41, 5.74) is 1.13. The Morgan fingerprint density at radius 1 is 1.29 bits per heavy atom. The van der Waals surface area contributed by atoms with E-state index in [1.807, 2.05) is 25.1 Å². The van der Waals surface area contributed by atoms with Crippen LogP contribution in [0.15, 0.2) is 30.3 Å². The highest BCUT2D eigenvalue weighted by molar-refractivity contribution is 5.22. The van der Waals surface area contributed by atoms with E-state index in [2.05, 4.69) is 30.3 Å². The summed E-state index contributed by atoms with van der Waals surface area (Å²) < 4.78 is 5.77. The van der Waals surface area contributed by atoms with Gasteiger partial charge in [-0.25, -0.2) is 0 Å². The number of hydrogen-bond donors (Lipinski definition) is 1. The van der Waals surface area contributed by atoms with Crippen LogP contribution in [0.2, 0.25) is 0 Å². The van der Waals surface area contributed by atoms with Gasteiger partial charge in [-0.15, -0.1) is 6.42 Å². The third-order valence-corrected chi connectivity index (χ3v) is 2.57. The van der Waals surface area contributed by atoms with Crippen molar-refractivity contribution in [1.29, 1.82) is 0 Å². The number of nitrogens with one attached hydrogen (secondary N) is 1. The first-order valence-corrected chi connectivity index (χ1v) is 6.19. The maximum atomic E-state index is 5.77. The highest BCUT2D eigenvalue weighted by Crippen LogP contribution is 2.20. The lowest BCUT2D eigenvalue weighted by molar-refractivity contribution is 0.0473. The minimum atomic E-state index is -0.0719. The van der Waals surface area contributed by atoms with Crippen LogP contribution in [0, 0.1) is 12.3 Å². The molecule has 1 N–H and O–H groups in total. The van der Waals surface area contributed by atoms with Crippen molar-refractivity contribution in [2.24, 2.45) is 0 Å². The highest BCUT2D eigenvalue weighted by atomic mass is 16.5. The van der Waals surface area contributed by atoms with Crippen molar-refractivity contribution in [3.63, 3.8) is 0 Å². The molecule has 2 nitrogen and oxygen atoms in total. The second-order valence-electron chi connectivity index (χ2n) is 3.89. The zero-order valence-corrected chi connectivity index (χ0v) is 10.6. The first-order chi connectivity index (χ1) is 8.33. The van der Waals surface area contributed by atoms with E-state index < -0.39 is 0 Å². The fourth-order valence-corrected chi connectivity index (χ4v) is 1.76. The molecule has 0 amide bonds. The lowest BCUT2D eigenvalue weighted by Crippen LogP contribution is -2.35. The Balaban J connectivity index is 2.80. The Kier molecular flexibility index (Phi) is 6.39. The number of terminal acetylenes is 1. The van der Waals surface area contributed by atoms with E-state index >= 15 is 0 Å². The number of benzene rings is 1. The Bertz CT molecular complexity index is 342. The van der Waals surface area contributed by atoms with Gasteiger partial charge in [0.25, 0.3) is 0 Å². The van der Waals surface area contributed by atoms with Crippen molar-refractivity contribution >= 4 is 0 Å². The van der Waals surface area contributed by atoms with Gasteiger partial charge in [-0.05, 0) is 25.5 Å². The fraction of sp³-hybridized carbons (Fsp3) is 0.467. The largest absolute Gasteiger partial charge is 0.371 e. The molecule has 0 heterocycles. The van der Waals surface area contributed by atoms with E-state index in [0.717, 1.165) is 18.5 Å². The molecule has 2 atom stereocenters. The maximum absolute atomic E-state index is 5.77. The summed E-state index contributed by atoms with van der Waals surface area (Å²) in [5, 5.41) is 3.34. The van der Waals surface area contributed by atoms with Crippen molar-refractivity contribution in [2.75, 3.05) is 13.2 Å². The quantitative estimate of drug-likeness (QED) is 0.729. The summed E-state index contributed by atoms with van der Waals surface area (Å²) in [6, 6.07) is 10.1. The Morgan fingerprint density at radius 3 is 2.53 bits per heavy atom. The lowest BCUT2D eigenvalue weighted by Gasteiger charge is -2.24. The van der Waals surface area contributed by atoms with Crippen LogP contribution < -0.4 is 5.32 Å². The second-order valence-corrected chi connectivity index (χ2v) is 3.89. The normalized spacial score (nSPS) is 13.9. The Labute approximate surface area is 104 Å². The molecule has 0 fully saturated rings. The van der Waals surface area contributed by atoms with Crippen LogP contribution in [0.4, 0.5) is 0 Å². The molecule has 2 heteroatoms. The van der Waals surface area contributed by atoms with Gasteiger partial charge in [-0.2, -0.15) is 0 Å². The molecule has 0 aromatic heterocycles. The second kappa shape index (κ2) is 7.89. The highest BCUT2D eigenvalue weighted by Gasteiger charge is 2.20. The molecule has 0 aliphatic carbocycles. The molecular formula is C15H21NO. The van der Waals surface area contributed by atoms with Crippen LogP contribution in [-0.4, -0.2) is 19.2 Å². The SMILES string of the molecule is C#CC(NCCC)C(OCC)c1ccccc1. The van der Waals surface area contributed by atoms with Gasteiger partial charge in [-0.3, -0.25) is 0 Å². The molecule has 0 spiro atoms. The average Bonchev–Trinajstić information content (AvgIpc) is 2.39. The summed E-state index contributed by atoms with van der Waals surface area (Å²) in [5.74, 6) is 2.78. The zero-order valence-electron chi connectivity index (χ0n) is 10.6. The molecule has 1 aromatic carbocycles. The molecule has 0 aliphatic rings. The molecule has 0 saturated carbocycles. The predicted molar refractivity (Wildman–Crippen MR) is 71.7 cm³/mol. The summed E-state index contributed by atoms with van der Waals surface area (Å²) in [6.07, 6.45) is 6.58. The molecule has 0 bridgehead atoms.